The third-order valence-corrected chi connectivity index (χ3v) is 5.31. The number of carbonyl (C=O) groups is 2. The maximum atomic E-state index is 13.1. The van der Waals surface area contributed by atoms with Gasteiger partial charge in [-0.05, 0) is 49.6 Å². The summed E-state index contributed by atoms with van der Waals surface area (Å²) < 4.78 is 13.1. The van der Waals surface area contributed by atoms with Crippen LogP contribution in [-0.2, 0) is 11.3 Å². The monoisotopic (exact) mass is 392 g/mol. The summed E-state index contributed by atoms with van der Waals surface area (Å²) in [6.07, 6.45) is 6.68. The zero-order valence-corrected chi connectivity index (χ0v) is 16.6. The predicted octanol–water partition coefficient (Wildman–Crippen LogP) is 3.65. The van der Waals surface area contributed by atoms with E-state index in [1.807, 2.05) is 31.2 Å². The van der Waals surface area contributed by atoms with Gasteiger partial charge in [-0.3, -0.25) is 9.59 Å². The number of benzene rings is 2. The molecular formula is C24H25FN2O2. The molecular weight excluding hydrogens is 367 g/mol. The summed E-state index contributed by atoms with van der Waals surface area (Å²) in [6.45, 7) is 3.77. The van der Waals surface area contributed by atoms with Crippen molar-refractivity contribution in [3.63, 3.8) is 0 Å². The normalized spacial score (nSPS) is 14.3. The summed E-state index contributed by atoms with van der Waals surface area (Å²) in [4.78, 5) is 29.0. The summed E-state index contributed by atoms with van der Waals surface area (Å²) in [5, 5.41) is 0. The summed E-state index contributed by atoms with van der Waals surface area (Å²) in [6, 6.07) is 13.6. The molecule has 2 aromatic carbocycles. The highest BCUT2D eigenvalue weighted by atomic mass is 19.1. The first kappa shape index (κ1) is 20.6. The molecule has 2 amide bonds. The number of aryl methyl sites for hydroxylation is 1. The SMILES string of the molecule is C#CCN(Cc1ccc(C)cc1)C(=O)C1CCN(C(=O)c2ccc(F)cc2)CC1. The molecule has 4 nitrogen and oxygen atoms in total. The third kappa shape index (κ3) is 5.23. The van der Waals surface area contributed by atoms with Gasteiger partial charge in [-0.2, -0.15) is 0 Å². The second-order valence-electron chi connectivity index (χ2n) is 7.46. The van der Waals surface area contributed by atoms with Gasteiger partial charge in [0.15, 0.2) is 0 Å². The maximum absolute atomic E-state index is 13.1. The molecule has 0 saturated carbocycles. The standard InChI is InChI=1S/C24H25FN2O2/c1-3-14-27(17-19-6-4-18(2)5-7-19)24(29)21-12-15-26(16-13-21)23(28)20-8-10-22(25)11-9-20/h1,4-11,21H,12-17H2,2H3. The highest BCUT2D eigenvalue weighted by Gasteiger charge is 2.30. The minimum atomic E-state index is -0.368. The topological polar surface area (TPSA) is 40.6 Å². The predicted molar refractivity (Wildman–Crippen MR) is 110 cm³/mol. The molecule has 1 aliphatic rings. The van der Waals surface area contributed by atoms with Crippen LogP contribution in [0.3, 0.4) is 0 Å². The van der Waals surface area contributed by atoms with Gasteiger partial charge in [-0.15, -0.1) is 6.42 Å². The van der Waals surface area contributed by atoms with Crippen LogP contribution in [0.5, 0.6) is 0 Å². The first-order valence-corrected chi connectivity index (χ1v) is 9.80. The van der Waals surface area contributed by atoms with Gasteiger partial charge in [-0.1, -0.05) is 35.7 Å². The fourth-order valence-electron chi connectivity index (χ4n) is 3.60. The Morgan fingerprint density at radius 3 is 2.31 bits per heavy atom. The molecule has 3 rings (SSSR count). The number of carbonyl (C=O) groups excluding carboxylic acids is 2. The number of halogens is 1. The Bertz CT molecular complexity index is 892. The molecule has 1 heterocycles. The molecule has 1 saturated heterocycles. The van der Waals surface area contributed by atoms with Crippen molar-refractivity contribution in [3.8, 4) is 12.3 Å². The zero-order valence-electron chi connectivity index (χ0n) is 16.6. The number of nitrogens with zero attached hydrogens (tertiary/aromatic N) is 2. The van der Waals surface area contributed by atoms with Crippen molar-refractivity contribution in [3.05, 3.63) is 71.0 Å². The molecule has 0 unspecified atom stereocenters. The van der Waals surface area contributed by atoms with E-state index >= 15 is 0 Å². The number of amides is 2. The first-order valence-electron chi connectivity index (χ1n) is 9.80. The summed E-state index contributed by atoms with van der Waals surface area (Å²) in [5.41, 5.74) is 2.68. The summed E-state index contributed by atoms with van der Waals surface area (Å²) in [5.74, 6) is 1.98. The Balaban J connectivity index is 1.59. The van der Waals surface area contributed by atoms with E-state index in [-0.39, 0.29) is 30.1 Å². The van der Waals surface area contributed by atoms with E-state index in [9.17, 15) is 14.0 Å². The molecule has 150 valence electrons. The Hall–Kier alpha value is -3.13. The second kappa shape index (κ2) is 9.38. The van der Waals surface area contributed by atoms with Gasteiger partial charge in [0.2, 0.25) is 5.91 Å². The van der Waals surface area contributed by atoms with E-state index in [1.54, 1.807) is 9.80 Å². The van der Waals surface area contributed by atoms with Crippen LogP contribution < -0.4 is 0 Å². The average Bonchev–Trinajstić information content (AvgIpc) is 2.74. The van der Waals surface area contributed by atoms with Crippen LogP contribution >= 0.6 is 0 Å². The lowest BCUT2D eigenvalue weighted by Gasteiger charge is -2.34. The van der Waals surface area contributed by atoms with E-state index in [0.717, 1.165) is 5.56 Å². The summed E-state index contributed by atoms with van der Waals surface area (Å²) in [7, 11) is 0. The smallest absolute Gasteiger partial charge is 0.253 e. The molecule has 0 N–H and O–H groups in total. The molecule has 1 fully saturated rings. The molecule has 1 aliphatic heterocycles. The maximum Gasteiger partial charge on any atom is 0.253 e. The zero-order chi connectivity index (χ0) is 20.8. The first-order chi connectivity index (χ1) is 14.0. The largest absolute Gasteiger partial charge is 0.339 e. The van der Waals surface area contributed by atoms with E-state index in [0.29, 0.717) is 38.0 Å². The van der Waals surface area contributed by atoms with Gasteiger partial charge < -0.3 is 9.80 Å². The van der Waals surface area contributed by atoms with Crippen LogP contribution in [-0.4, -0.2) is 41.2 Å². The van der Waals surface area contributed by atoms with Gasteiger partial charge in [0.1, 0.15) is 5.82 Å². The molecule has 0 radical (unpaired) electrons. The molecule has 0 spiro atoms. The second-order valence-corrected chi connectivity index (χ2v) is 7.46. The van der Waals surface area contributed by atoms with Crippen molar-refractivity contribution in [2.45, 2.75) is 26.3 Å². The average molecular weight is 392 g/mol. The number of piperidine rings is 1. The van der Waals surface area contributed by atoms with Gasteiger partial charge >= 0.3 is 0 Å². The van der Waals surface area contributed by atoms with Crippen LogP contribution in [0.1, 0.15) is 34.3 Å². The van der Waals surface area contributed by atoms with Crippen LogP contribution in [0, 0.1) is 31.0 Å². The van der Waals surface area contributed by atoms with Crippen molar-refractivity contribution in [1.29, 1.82) is 0 Å². The fraction of sp³-hybridized carbons (Fsp3) is 0.333. The van der Waals surface area contributed by atoms with Crippen LogP contribution in [0.4, 0.5) is 4.39 Å². The lowest BCUT2D eigenvalue weighted by Crippen LogP contribution is -2.44. The van der Waals surface area contributed by atoms with Gasteiger partial charge in [0.05, 0.1) is 6.54 Å². The molecule has 2 aromatic rings. The lowest BCUT2D eigenvalue weighted by molar-refractivity contribution is -0.136. The number of rotatable bonds is 5. The molecule has 0 aliphatic carbocycles. The van der Waals surface area contributed by atoms with Gasteiger partial charge in [-0.25, -0.2) is 4.39 Å². The molecule has 29 heavy (non-hydrogen) atoms. The van der Waals surface area contributed by atoms with E-state index < -0.39 is 0 Å². The number of hydrogen-bond acceptors (Lipinski definition) is 2. The number of likely N-dealkylation sites (tertiary alicyclic amines) is 1. The fourth-order valence-corrected chi connectivity index (χ4v) is 3.60. The van der Waals surface area contributed by atoms with Crippen molar-refractivity contribution in [2.75, 3.05) is 19.6 Å². The lowest BCUT2D eigenvalue weighted by atomic mass is 9.94. The number of terminal acetylenes is 1. The van der Waals surface area contributed by atoms with Crippen molar-refractivity contribution in [2.24, 2.45) is 5.92 Å². The highest BCUT2D eigenvalue weighted by Crippen LogP contribution is 2.22. The number of hydrogen-bond donors (Lipinski definition) is 0. The van der Waals surface area contributed by atoms with Crippen LogP contribution in [0.15, 0.2) is 48.5 Å². The Morgan fingerprint density at radius 1 is 1.10 bits per heavy atom. The minimum Gasteiger partial charge on any atom is -0.339 e. The quantitative estimate of drug-likeness (QED) is 0.729. The molecule has 5 heteroatoms. The van der Waals surface area contributed by atoms with Crippen LogP contribution in [0.2, 0.25) is 0 Å². The molecule has 0 aromatic heterocycles. The van der Waals surface area contributed by atoms with Gasteiger partial charge in [0, 0.05) is 31.1 Å². The molecule has 0 bridgehead atoms. The minimum absolute atomic E-state index is 0.0393. The Kier molecular flexibility index (Phi) is 6.66. The Morgan fingerprint density at radius 2 is 1.72 bits per heavy atom. The van der Waals surface area contributed by atoms with Crippen molar-refractivity contribution < 1.29 is 14.0 Å². The van der Waals surface area contributed by atoms with Crippen molar-refractivity contribution in [1.82, 2.24) is 9.80 Å². The van der Waals surface area contributed by atoms with E-state index in [4.69, 9.17) is 6.42 Å². The van der Waals surface area contributed by atoms with E-state index in [2.05, 4.69) is 5.92 Å². The van der Waals surface area contributed by atoms with Crippen molar-refractivity contribution >= 4 is 11.8 Å². The third-order valence-electron chi connectivity index (χ3n) is 5.31. The van der Waals surface area contributed by atoms with Gasteiger partial charge in [0.25, 0.3) is 5.91 Å². The van der Waals surface area contributed by atoms with Crippen LogP contribution in [0.25, 0.3) is 0 Å². The summed E-state index contributed by atoms with van der Waals surface area (Å²) >= 11 is 0. The molecule has 0 atom stereocenters. The Labute approximate surface area is 171 Å². The van der Waals surface area contributed by atoms with E-state index in [1.165, 1.54) is 29.8 Å². The highest BCUT2D eigenvalue weighted by molar-refractivity contribution is 5.94.